The number of nitrogens with zero attached hydrogens (tertiary/aromatic N) is 3. The number of rotatable bonds is 3. The van der Waals surface area contributed by atoms with Crippen LogP contribution in [0.25, 0.3) is 10.9 Å². The number of carbonyl (C=O) groups excluding carboxylic acids is 1. The molecule has 0 N–H and O–H groups in total. The molecule has 0 aliphatic carbocycles. The first-order chi connectivity index (χ1) is 12.7. The van der Waals surface area contributed by atoms with Crippen molar-refractivity contribution in [3.63, 3.8) is 0 Å². The minimum Gasteiger partial charge on any atom is -0.462 e. The zero-order valence-electron chi connectivity index (χ0n) is 15.5. The number of hydrogen-bond acceptors (Lipinski definition) is 5. The normalized spacial score (nSPS) is 20.7. The lowest BCUT2D eigenvalue weighted by Crippen LogP contribution is -2.39. The lowest BCUT2D eigenvalue weighted by Gasteiger charge is -2.36. The molecule has 0 bridgehead atoms. The zero-order valence-corrected chi connectivity index (χ0v) is 15.5. The number of hydrogen-bond donors (Lipinski definition) is 0. The summed E-state index contributed by atoms with van der Waals surface area (Å²) in [5, 5.41) is 0.426. The fourth-order valence-corrected chi connectivity index (χ4v) is 3.66. The Kier molecular flexibility index (Phi) is 5.26. The maximum absolute atomic E-state index is 13.3. The van der Waals surface area contributed by atoms with E-state index in [2.05, 4.69) is 23.8 Å². The van der Waals surface area contributed by atoms with Gasteiger partial charge in [-0.3, -0.25) is 0 Å². The van der Waals surface area contributed by atoms with Crippen LogP contribution in [0.1, 0.15) is 43.4 Å². The second kappa shape index (κ2) is 7.32. The predicted molar refractivity (Wildman–Crippen MR) is 95.7 cm³/mol. The molecule has 2 atom stereocenters. The number of esters is 1. The molecule has 1 aliphatic rings. The van der Waals surface area contributed by atoms with Gasteiger partial charge in [-0.25, -0.2) is 14.8 Å². The molecule has 1 aliphatic heterocycles. The minimum absolute atomic E-state index is 0.159. The Bertz CT molecular complexity index is 844. The molecule has 8 heteroatoms. The van der Waals surface area contributed by atoms with Crippen LogP contribution in [-0.2, 0) is 10.9 Å². The van der Waals surface area contributed by atoms with Crippen molar-refractivity contribution in [3.8, 4) is 0 Å². The van der Waals surface area contributed by atoms with Crippen LogP contribution < -0.4 is 4.90 Å². The minimum atomic E-state index is -4.64. The molecule has 1 aromatic carbocycles. The van der Waals surface area contributed by atoms with E-state index in [1.807, 2.05) is 4.90 Å². The van der Waals surface area contributed by atoms with Crippen LogP contribution in [0.2, 0.25) is 0 Å². The first-order valence-electron chi connectivity index (χ1n) is 9.00. The van der Waals surface area contributed by atoms with Gasteiger partial charge < -0.3 is 9.64 Å². The van der Waals surface area contributed by atoms with Crippen molar-refractivity contribution in [2.75, 3.05) is 24.6 Å². The number of piperidine rings is 1. The van der Waals surface area contributed by atoms with Crippen LogP contribution in [0, 0.1) is 11.8 Å². The monoisotopic (exact) mass is 381 g/mol. The van der Waals surface area contributed by atoms with Gasteiger partial charge in [0.25, 0.3) is 0 Å². The Morgan fingerprint density at radius 1 is 1.22 bits per heavy atom. The van der Waals surface area contributed by atoms with E-state index in [-0.39, 0.29) is 23.5 Å². The van der Waals surface area contributed by atoms with Gasteiger partial charge in [-0.05, 0) is 43.4 Å². The van der Waals surface area contributed by atoms with E-state index in [1.54, 1.807) is 6.92 Å². The van der Waals surface area contributed by atoms with Crippen LogP contribution in [0.5, 0.6) is 0 Å². The van der Waals surface area contributed by atoms with Gasteiger partial charge in [0.15, 0.2) is 0 Å². The Morgan fingerprint density at radius 2 is 1.89 bits per heavy atom. The topological polar surface area (TPSA) is 55.3 Å². The van der Waals surface area contributed by atoms with E-state index < -0.39 is 18.0 Å². The molecule has 2 aromatic rings. The molecule has 0 saturated carbocycles. The van der Waals surface area contributed by atoms with Crippen LogP contribution in [0.15, 0.2) is 18.2 Å². The highest BCUT2D eigenvalue weighted by Crippen LogP contribution is 2.34. The summed E-state index contributed by atoms with van der Waals surface area (Å²) in [6, 6.07) is 4.37. The van der Waals surface area contributed by atoms with E-state index in [9.17, 15) is 18.0 Å². The van der Waals surface area contributed by atoms with Gasteiger partial charge in [0, 0.05) is 18.5 Å². The van der Waals surface area contributed by atoms with Gasteiger partial charge in [-0.2, -0.15) is 13.2 Å². The molecule has 0 radical (unpaired) electrons. The predicted octanol–water partition coefficient (Wildman–Crippen LogP) is 4.31. The lowest BCUT2D eigenvalue weighted by atomic mass is 9.91. The molecule has 5 nitrogen and oxygen atoms in total. The average Bonchev–Trinajstić information content (AvgIpc) is 2.58. The maximum atomic E-state index is 13.3. The summed E-state index contributed by atoms with van der Waals surface area (Å²) >= 11 is 0. The van der Waals surface area contributed by atoms with Crippen molar-refractivity contribution < 1.29 is 22.7 Å². The van der Waals surface area contributed by atoms with Crippen molar-refractivity contribution in [1.29, 1.82) is 0 Å². The van der Waals surface area contributed by atoms with Crippen molar-refractivity contribution in [3.05, 3.63) is 29.6 Å². The summed E-state index contributed by atoms with van der Waals surface area (Å²) < 4.78 is 44.9. The van der Waals surface area contributed by atoms with Crippen LogP contribution in [-0.4, -0.2) is 35.6 Å². The number of carbonyl (C=O) groups is 1. The van der Waals surface area contributed by atoms with Crippen molar-refractivity contribution in [2.45, 2.75) is 33.4 Å². The standard InChI is InChI=1S/C19H22F3N3O2/c1-4-27-17(26)13-5-6-15-14(8-13)16(24-18(23-15)19(20,21)22)25-9-11(2)7-12(3)10-25/h5-6,8,11-12H,4,7,9-10H2,1-3H3/t11-,12-/m0/s1. The molecular weight excluding hydrogens is 359 g/mol. The number of anilines is 1. The van der Waals surface area contributed by atoms with Crippen molar-refractivity contribution >= 4 is 22.7 Å². The number of ether oxygens (including phenoxy) is 1. The molecule has 2 heterocycles. The lowest BCUT2D eigenvalue weighted by molar-refractivity contribution is -0.144. The summed E-state index contributed by atoms with van der Waals surface area (Å²) in [5.74, 6) is -0.801. The molecular formula is C19H22F3N3O2. The molecule has 0 unspecified atom stereocenters. The molecule has 1 fully saturated rings. The highest BCUT2D eigenvalue weighted by molar-refractivity contribution is 5.98. The number of benzene rings is 1. The Morgan fingerprint density at radius 3 is 2.48 bits per heavy atom. The zero-order chi connectivity index (χ0) is 19.8. The highest BCUT2D eigenvalue weighted by Gasteiger charge is 2.36. The first kappa shape index (κ1) is 19.4. The summed E-state index contributed by atoms with van der Waals surface area (Å²) in [5.41, 5.74) is 0.429. The summed E-state index contributed by atoms with van der Waals surface area (Å²) in [6.07, 6.45) is -3.63. The highest BCUT2D eigenvalue weighted by atomic mass is 19.4. The second-order valence-corrected chi connectivity index (χ2v) is 7.17. The van der Waals surface area contributed by atoms with Gasteiger partial charge in [0.05, 0.1) is 17.7 Å². The molecule has 3 rings (SSSR count). The van der Waals surface area contributed by atoms with E-state index in [0.29, 0.717) is 30.3 Å². The number of fused-ring (bicyclic) bond motifs is 1. The van der Waals surface area contributed by atoms with Gasteiger partial charge in [0.1, 0.15) is 5.82 Å². The third-order valence-electron chi connectivity index (χ3n) is 4.61. The van der Waals surface area contributed by atoms with Gasteiger partial charge >= 0.3 is 12.1 Å². The Balaban J connectivity index is 2.16. The number of alkyl halides is 3. The molecule has 1 aromatic heterocycles. The quantitative estimate of drug-likeness (QED) is 0.742. The largest absolute Gasteiger partial charge is 0.462 e. The SMILES string of the molecule is CCOC(=O)c1ccc2nc(C(F)(F)F)nc(N3C[C@@H](C)C[C@H](C)C3)c2c1. The Labute approximate surface area is 155 Å². The Hall–Kier alpha value is -2.38. The molecule has 1 saturated heterocycles. The van der Waals surface area contributed by atoms with Gasteiger partial charge in [-0.15, -0.1) is 0 Å². The van der Waals surface area contributed by atoms with E-state index in [4.69, 9.17) is 4.74 Å². The number of halogens is 3. The molecule has 0 spiro atoms. The van der Waals surface area contributed by atoms with E-state index in [0.717, 1.165) is 6.42 Å². The summed E-state index contributed by atoms with van der Waals surface area (Å²) in [4.78, 5) is 21.4. The van der Waals surface area contributed by atoms with E-state index in [1.165, 1.54) is 18.2 Å². The smallest absolute Gasteiger partial charge is 0.451 e. The third-order valence-corrected chi connectivity index (χ3v) is 4.61. The van der Waals surface area contributed by atoms with Crippen LogP contribution in [0.4, 0.5) is 19.0 Å². The van der Waals surface area contributed by atoms with Crippen LogP contribution in [0.3, 0.4) is 0 Å². The number of aromatic nitrogens is 2. The van der Waals surface area contributed by atoms with Gasteiger partial charge in [-0.1, -0.05) is 13.8 Å². The summed E-state index contributed by atoms with van der Waals surface area (Å²) in [7, 11) is 0. The molecule has 27 heavy (non-hydrogen) atoms. The van der Waals surface area contributed by atoms with Crippen molar-refractivity contribution in [1.82, 2.24) is 9.97 Å². The van der Waals surface area contributed by atoms with Gasteiger partial charge in [0.2, 0.25) is 5.82 Å². The fourth-order valence-electron chi connectivity index (χ4n) is 3.66. The second-order valence-electron chi connectivity index (χ2n) is 7.17. The average molecular weight is 381 g/mol. The van der Waals surface area contributed by atoms with Crippen LogP contribution >= 0.6 is 0 Å². The maximum Gasteiger partial charge on any atom is 0.451 e. The molecule has 0 amide bonds. The first-order valence-corrected chi connectivity index (χ1v) is 9.00. The van der Waals surface area contributed by atoms with E-state index >= 15 is 0 Å². The molecule has 146 valence electrons. The third kappa shape index (κ3) is 4.14. The summed E-state index contributed by atoms with van der Waals surface area (Å²) in [6.45, 7) is 7.27. The van der Waals surface area contributed by atoms with Crippen molar-refractivity contribution in [2.24, 2.45) is 11.8 Å². The fraction of sp³-hybridized carbons (Fsp3) is 0.526.